The Labute approximate surface area is 209 Å². The SMILES string of the molecule is CCN(Cc1csc2ncccc12)C(=O)O[C@H]1CCC[C@](C)(Cn2cnc3ccc(C#N)cc32)C1. The third-order valence-electron chi connectivity index (χ3n) is 7.03. The molecule has 1 fully saturated rings. The molecule has 8 heteroatoms. The standard InChI is InChI=1S/C27H29N5O2S/c1-3-31(15-20-16-35-25-22(20)7-5-11-29-25)26(33)34-21-6-4-10-27(2,13-21)17-32-18-30-23-9-8-19(14-28)12-24(23)32/h5,7-9,11-12,16,18,21H,3-4,6,10,13,15,17H2,1-2H3/t21-,27-/m0/s1. The van der Waals surface area contributed by atoms with Crippen LogP contribution in [-0.4, -0.2) is 38.2 Å². The van der Waals surface area contributed by atoms with Gasteiger partial charge in [-0.05, 0) is 73.2 Å². The number of hydrogen-bond acceptors (Lipinski definition) is 6. The minimum atomic E-state index is -0.253. The van der Waals surface area contributed by atoms with Gasteiger partial charge in [0.15, 0.2) is 0 Å². The molecule has 3 heterocycles. The molecule has 0 saturated heterocycles. The molecule has 180 valence electrons. The number of ether oxygens (including phenoxy) is 1. The minimum Gasteiger partial charge on any atom is -0.446 e. The highest BCUT2D eigenvalue weighted by Crippen LogP contribution is 2.39. The Morgan fingerprint density at radius 3 is 3.09 bits per heavy atom. The first kappa shape index (κ1) is 23.3. The van der Waals surface area contributed by atoms with Gasteiger partial charge in [0.25, 0.3) is 0 Å². The molecule has 7 nitrogen and oxygen atoms in total. The van der Waals surface area contributed by atoms with Gasteiger partial charge in [0.1, 0.15) is 10.9 Å². The van der Waals surface area contributed by atoms with Crippen molar-refractivity contribution in [1.29, 1.82) is 5.26 Å². The molecule has 0 N–H and O–H groups in total. The fourth-order valence-corrected chi connectivity index (χ4v) is 6.09. The summed E-state index contributed by atoms with van der Waals surface area (Å²) in [7, 11) is 0. The van der Waals surface area contributed by atoms with Crippen LogP contribution in [0.1, 0.15) is 50.7 Å². The number of hydrogen-bond donors (Lipinski definition) is 0. The zero-order valence-electron chi connectivity index (χ0n) is 20.1. The first-order valence-electron chi connectivity index (χ1n) is 12.1. The van der Waals surface area contributed by atoms with Gasteiger partial charge in [-0.25, -0.2) is 14.8 Å². The van der Waals surface area contributed by atoms with Crippen LogP contribution in [0.3, 0.4) is 0 Å². The average Bonchev–Trinajstić information content (AvgIpc) is 3.45. The molecule has 0 unspecified atom stereocenters. The van der Waals surface area contributed by atoms with E-state index in [1.54, 1.807) is 28.5 Å². The molecule has 1 aliphatic rings. The van der Waals surface area contributed by atoms with E-state index in [1.807, 2.05) is 31.5 Å². The fourth-order valence-electron chi connectivity index (χ4n) is 5.19. The van der Waals surface area contributed by atoms with E-state index in [2.05, 4.69) is 39.0 Å². The number of rotatable bonds is 6. The van der Waals surface area contributed by atoms with E-state index >= 15 is 0 Å². The Morgan fingerprint density at radius 1 is 1.37 bits per heavy atom. The molecule has 5 rings (SSSR count). The number of carbonyl (C=O) groups is 1. The molecular formula is C27H29N5O2S. The van der Waals surface area contributed by atoms with Crippen molar-refractivity contribution in [2.75, 3.05) is 6.54 Å². The first-order valence-corrected chi connectivity index (χ1v) is 13.0. The van der Waals surface area contributed by atoms with Crippen molar-refractivity contribution in [2.24, 2.45) is 5.41 Å². The van der Waals surface area contributed by atoms with Crippen LogP contribution in [0.2, 0.25) is 0 Å². The predicted octanol–water partition coefficient (Wildman–Crippen LogP) is 6.13. The summed E-state index contributed by atoms with van der Waals surface area (Å²) in [6.07, 6.45) is 7.04. The van der Waals surface area contributed by atoms with Crippen LogP contribution in [-0.2, 0) is 17.8 Å². The van der Waals surface area contributed by atoms with Gasteiger partial charge in [0, 0.05) is 24.7 Å². The van der Waals surface area contributed by atoms with Gasteiger partial charge < -0.3 is 14.2 Å². The van der Waals surface area contributed by atoms with Crippen LogP contribution in [0.4, 0.5) is 4.79 Å². The van der Waals surface area contributed by atoms with Gasteiger partial charge in [0.05, 0.1) is 35.5 Å². The molecule has 0 bridgehead atoms. The van der Waals surface area contributed by atoms with Crippen LogP contribution in [0, 0.1) is 16.7 Å². The summed E-state index contributed by atoms with van der Waals surface area (Å²) >= 11 is 1.60. The van der Waals surface area contributed by atoms with Crippen molar-refractivity contribution < 1.29 is 9.53 Å². The smallest absolute Gasteiger partial charge is 0.410 e. The highest BCUT2D eigenvalue weighted by Gasteiger charge is 2.35. The molecular weight excluding hydrogens is 458 g/mol. The topological polar surface area (TPSA) is 84.0 Å². The normalized spacial score (nSPS) is 20.1. The number of pyridine rings is 1. The van der Waals surface area contributed by atoms with E-state index < -0.39 is 0 Å². The lowest BCUT2D eigenvalue weighted by atomic mass is 9.74. The second kappa shape index (κ2) is 9.67. The summed E-state index contributed by atoms with van der Waals surface area (Å²) in [4.78, 5) is 24.8. The lowest BCUT2D eigenvalue weighted by Gasteiger charge is -2.38. The van der Waals surface area contributed by atoms with Crippen molar-refractivity contribution in [3.05, 3.63) is 59.4 Å². The van der Waals surface area contributed by atoms with E-state index in [0.717, 1.165) is 59.0 Å². The zero-order valence-corrected chi connectivity index (χ0v) is 20.9. The van der Waals surface area contributed by atoms with E-state index in [1.165, 1.54) is 0 Å². The monoisotopic (exact) mass is 487 g/mol. The minimum absolute atomic E-state index is 0.0221. The van der Waals surface area contributed by atoms with Crippen LogP contribution in [0.5, 0.6) is 0 Å². The van der Waals surface area contributed by atoms with E-state index in [-0.39, 0.29) is 17.6 Å². The molecule has 0 spiro atoms. The quantitative estimate of drug-likeness (QED) is 0.327. The second-order valence-electron chi connectivity index (χ2n) is 9.73. The lowest BCUT2D eigenvalue weighted by Crippen LogP contribution is -2.39. The second-order valence-corrected chi connectivity index (χ2v) is 10.6. The van der Waals surface area contributed by atoms with Gasteiger partial charge in [-0.15, -0.1) is 11.3 Å². The van der Waals surface area contributed by atoms with Gasteiger partial charge in [0.2, 0.25) is 0 Å². The number of fused-ring (bicyclic) bond motifs is 2. The van der Waals surface area contributed by atoms with Crippen LogP contribution in [0.15, 0.2) is 48.2 Å². The Bertz CT molecular complexity index is 1400. The van der Waals surface area contributed by atoms with Crippen molar-refractivity contribution in [1.82, 2.24) is 19.4 Å². The molecule has 0 aliphatic heterocycles. The summed E-state index contributed by atoms with van der Waals surface area (Å²) in [5.74, 6) is 0. The van der Waals surface area contributed by atoms with Crippen LogP contribution in [0.25, 0.3) is 21.3 Å². The maximum atomic E-state index is 13.1. The van der Waals surface area contributed by atoms with Gasteiger partial charge in [-0.1, -0.05) is 13.0 Å². The highest BCUT2D eigenvalue weighted by molar-refractivity contribution is 7.16. The van der Waals surface area contributed by atoms with Gasteiger partial charge >= 0.3 is 6.09 Å². The number of carbonyl (C=O) groups excluding carboxylic acids is 1. The number of nitrogens with zero attached hydrogens (tertiary/aromatic N) is 5. The largest absolute Gasteiger partial charge is 0.446 e. The highest BCUT2D eigenvalue weighted by atomic mass is 32.1. The summed E-state index contributed by atoms with van der Waals surface area (Å²) in [6, 6.07) is 11.8. The number of nitriles is 1. The number of thiophene rings is 1. The van der Waals surface area contributed by atoms with E-state index in [4.69, 9.17) is 4.74 Å². The van der Waals surface area contributed by atoms with Crippen molar-refractivity contribution in [3.63, 3.8) is 0 Å². The number of imidazole rings is 1. The van der Waals surface area contributed by atoms with Crippen molar-refractivity contribution in [2.45, 2.75) is 58.7 Å². The molecule has 35 heavy (non-hydrogen) atoms. The zero-order chi connectivity index (χ0) is 24.4. The maximum absolute atomic E-state index is 13.1. The number of aromatic nitrogens is 3. The molecule has 4 aromatic rings. The van der Waals surface area contributed by atoms with Crippen molar-refractivity contribution >= 4 is 38.7 Å². The molecule has 0 radical (unpaired) electrons. The summed E-state index contributed by atoms with van der Waals surface area (Å²) in [5, 5.41) is 12.5. The van der Waals surface area contributed by atoms with Gasteiger partial charge in [-0.3, -0.25) is 0 Å². The summed E-state index contributed by atoms with van der Waals surface area (Å²) < 4.78 is 8.18. The molecule has 3 aromatic heterocycles. The number of benzene rings is 1. The fraction of sp³-hybridized carbons (Fsp3) is 0.407. The summed E-state index contributed by atoms with van der Waals surface area (Å²) in [6.45, 7) is 6.13. The average molecular weight is 488 g/mol. The van der Waals surface area contributed by atoms with Crippen LogP contribution >= 0.6 is 11.3 Å². The lowest BCUT2D eigenvalue weighted by molar-refractivity contribution is 0.00772. The Kier molecular flexibility index (Phi) is 6.44. The molecule has 1 aromatic carbocycles. The third kappa shape index (κ3) is 4.87. The first-order chi connectivity index (χ1) is 17.0. The molecule has 2 atom stereocenters. The Hall–Kier alpha value is -3.44. The molecule has 1 amide bonds. The number of amides is 1. The van der Waals surface area contributed by atoms with Gasteiger partial charge in [-0.2, -0.15) is 5.26 Å². The van der Waals surface area contributed by atoms with Crippen molar-refractivity contribution in [3.8, 4) is 6.07 Å². The third-order valence-corrected chi connectivity index (χ3v) is 7.98. The Balaban J connectivity index is 1.26. The predicted molar refractivity (Wildman–Crippen MR) is 137 cm³/mol. The maximum Gasteiger partial charge on any atom is 0.410 e. The van der Waals surface area contributed by atoms with Crippen LogP contribution < -0.4 is 0 Å². The molecule has 1 aliphatic carbocycles. The van der Waals surface area contributed by atoms with E-state index in [9.17, 15) is 10.1 Å². The Morgan fingerprint density at radius 2 is 2.26 bits per heavy atom. The molecule has 1 saturated carbocycles. The van der Waals surface area contributed by atoms with E-state index in [0.29, 0.717) is 18.7 Å². The summed E-state index contributed by atoms with van der Waals surface area (Å²) in [5.41, 5.74) is 3.58.